The van der Waals surface area contributed by atoms with Crippen LogP contribution in [0.15, 0.2) is 48.5 Å². The fourth-order valence-electron chi connectivity index (χ4n) is 3.33. The molecule has 0 spiro atoms. The van der Waals surface area contributed by atoms with Gasteiger partial charge in [-0.1, -0.05) is 30.3 Å². The van der Waals surface area contributed by atoms with Crippen molar-refractivity contribution < 1.29 is 4.79 Å². The molecule has 2 heterocycles. The van der Waals surface area contributed by atoms with Crippen LogP contribution in [0.4, 0.5) is 11.4 Å². The number of anilines is 2. The van der Waals surface area contributed by atoms with Crippen molar-refractivity contribution in [1.29, 1.82) is 0 Å². The SMILES string of the molecule is CC12CCNC(=S)N1c1cc(C(=O)c3ccccc3)ccc1N2. The summed E-state index contributed by atoms with van der Waals surface area (Å²) in [6, 6.07) is 15.1. The summed E-state index contributed by atoms with van der Waals surface area (Å²) in [6.45, 7) is 2.99. The monoisotopic (exact) mass is 323 g/mol. The van der Waals surface area contributed by atoms with Crippen LogP contribution < -0.4 is 15.5 Å². The van der Waals surface area contributed by atoms with Crippen LogP contribution in [0.2, 0.25) is 0 Å². The molecule has 1 unspecified atom stereocenters. The molecule has 2 aromatic rings. The Bertz CT molecular complexity index is 805. The summed E-state index contributed by atoms with van der Waals surface area (Å²) >= 11 is 5.48. The molecule has 1 saturated heterocycles. The standard InChI is InChI=1S/C18H17N3OS/c1-18-9-10-19-17(23)21(18)15-11-13(7-8-14(15)20-18)16(22)12-5-3-2-4-6-12/h2-8,11,20H,9-10H2,1H3,(H,19,23). The minimum absolute atomic E-state index is 0.0258. The minimum Gasteiger partial charge on any atom is -0.362 e. The third-order valence-corrected chi connectivity index (χ3v) is 4.85. The van der Waals surface area contributed by atoms with Crippen LogP contribution in [0.25, 0.3) is 0 Å². The van der Waals surface area contributed by atoms with Gasteiger partial charge < -0.3 is 10.6 Å². The van der Waals surface area contributed by atoms with Gasteiger partial charge in [-0.15, -0.1) is 0 Å². The van der Waals surface area contributed by atoms with E-state index in [0.717, 1.165) is 24.3 Å². The molecule has 1 fully saturated rings. The van der Waals surface area contributed by atoms with Crippen molar-refractivity contribution in [2.24, 2.45) is 0 Å². The van der Waals surface area contributed by atoms with Gasteiger partial charge in [-0.25, -0.2) is 0 Å². The maximum absolute atomic E-state index is 12.7. The molecule has 1 atom stereocenters. The highest BCUT2D eigenvalue weighted by Gasteiger charge is 2.44. The molecule has 4 rings (SSSR count). The van der Waals surface area contributed by atoms with Crippen LogP contribution in [-0.2, 0) is 0 Å². The zero-order valence-electron chi connectivity index (χ0n) is 12.8. The van der Waals surface area contributed by atoms with Crippen LogP contribution in [0.1, 0.15) is 29.3 Å². The summed E-state index contributed by atoms with van der Waals surface area (Å²) in [5.41, 5.74) is 3.13. The topological polar surface area (TPSA) is 44.4 Å². The maximum atomic E-state index is 12.7. The van der Waals surface area contributed by atoms with E-state index in [2.05, 4.69) is 22.5 Å². The van der Waals surface area contributed by atoms with Crippen LogP contribution in [0, 0.1) is 0 Å². The molecule has 5 heteroatoms. The van der Waals surface area contributed by atoms with Gasteiger partial charge in [0.2, 0.25) is 0 Å². The summed E-state index contributed by atoms with van der Waals surface area (Å²) in [5, 5.41) is 7.47. The molecule has 2 aliphatic rings. The summed E-state index contributed by atoms with van der Waals surface area (Å²) in [5.74, 6) is 0.0258. The van der Waals surface area contributed by atoms with E-state index in [1.54, 1.807) is 0 Å². The second-order valence-electron chi connectivity index (χ2n) is 6.14. The highest BCUT2D eigenvalue weighted by molar-refractivity contribution is 7.80. The molecule has 0 saturated carbocycles. The average molecular weight is 323 g/mol. The fraction of sp³-hybridized carbons (Fsp3) is 0.222. The minimum atomic E-state index is -0.223. The number of carbonyl (C=O) groups is 1. The molecule has 0 radical (unpaired) electrons. The van der Waals surface area contributed by atoms with E-state index in [4.69, 9.17) is 12.2 Å². The Hall–Kier alpha value is -2.40. The van der Waals surface area contributed by atoms with Crippen molar-refractivity contribution >= 4 is 34.5 Å². The number of ketones is 1. The summed E-state index contributed by atoms with van der Waals surface area (Å²) in [4.78, 5) is 14.8. The summed E-state index contributed by atoms with van der Waals surface area (Å²) in [7, 11) is 0. The van der Waals surface area contributed by atoms with Crippen molar-refractivity contribution in [1.82, 2.24) is 5.32 Å². The van der Waals surface area contributed by atoms with E-state index in [1.165, 1.54) is 0 Å². The van der Waals surface area contributed by atoms with Gasteiger partial charge in [-0.2, -0.15) is 0 Å². The third kappa shape index (κ3) is 2.19. The third-order valence-electron chi connectivity index (χ3n) is 4.53. The Morgan fingerprint density at radius 2 is 1.96 bits per heavy atom. The Morgan fingerprint density at radius 3 is 2.74 bits per heavy atom. The Balaban J connectivity index is 1.76. The van der Waals surface area contributed by atoms with Crippen molar-refractivity contribution in [2.45, 2.75) is 19.0 Å². The number of rotatable bonds is 2. The first-order valence-corrected chi connectivity index (χ1v) is 8.09. The van der Waals surface area contributed by atoms with Crippen LogP contribution in [-0.4, -0.2) is 23.1 Å². The van der Waals surface area contributed by atoms with Gasteiger partial charge in [-0.05, 0) is 37.3 Å². The van der Waals surface area contributed by atoms with Gasteiger partial charge in [0.25, 0.3) is 0 Å². The zero-order chi connectivity index (χ0) is 16.0. The predicted octanol–water partition coefficient (Wildman–Crippen LogP) is 3.14. The number of fused-ring (bicyclic) bond motifs is 3. The van der Waals surface area contributed by atoms with Crippen molar-refractivity contribution in [3.63, 3.8) is 0 Å². The van der Waals surface area contributed by atoms with Gasteiger partial charge in [0.15, 0.2) is 10.9 Å². The number of carbonyl (C=O) groups excluding carboxylic acids is 1. The lowest BCUT2D eigenvalue weighted by atomic mass is 10.0. The van der Waals surface area contributed by atoms with E-state index in [0.29, 0.717) is 16.2 Å². The maximum Gasteiger partial charge on any atom is 0.193 e. The first-order chi connectivity index (χ1) is 11.1. The smallest absolute Gasteiger partial charge is 0.193 e. The summed E-state index contributed by atoms with van der Waals surface area (Å²) < 4.78 is 0. The largest absolute Gasteiger partial charge is 0.362 e. The van der Waals surface area contributed by atoms with Gasteiger partial charge in [-0.3, -0.25) is 9.69 Å². The Morgan fingerprint density at radius 1 is 1.17 bits per heavy atom. The molecule has 2 aliphatic heterocycles. The Kier molecular flexibility index (Phi) is 3.13. The molecule has 4 nitrogen and oxygen atoms in total. The lowest BCUT2D eigenvalue weighted by Crippen LogP contribution is -2.60. The van der Waals surface area contributed by atoms with E-state index in [9.17, 15) is 4.79 Å². The van der Waals surface area contributed by atoms with E-state index < -0.39 is 0 Å². The lowest BCUT2D eigenvalue weighted by molar-refractivity contribution is 0.103. The van der Waals surface area contributed by atoms with E-state index in [1.807, 2.05) is 48.5 Å². The second-order valence-corrected chi connectivity index (χ2v) is 6.53. The van der Waals surface area contributed by atoms with Crippen molar-refractivity contribution in [3.05, 3.63) is 59.7 Å². The predicted molar refractivity (Wildman–Crippen MR) is 96.0 cm³/mol. The number of hydrogen-bond acceptors (Lipinski definition) is 3. The Labute approximate surface area is 140 Å². The van der Waals surface area contributed by atoms with Crippen molar-refractivity contribution in [3.8, 4) is 0 Å². The molecule has 116 valence electrons. The lowest BCUT2D eigenvalue weighted by Gasteiger charge is -2.41. The van der Waals surface area contributed by atoms with Crippen LogP contribution in [0.3, 0.4) is 0 Å². The second kappa shape index (κ2) is 5.06. The number of thiocarbonyl (C=S) groups is 1. The quantitative estimate of drug-likeness (QED) is 0.657. The molecule has 23 heavy (non-hydrogen) atoms. The number of nitrogens with one attached hydrogen (secondary N) is 2. The van der Waals surface area contributed by atoms with Gasteiger partial charge in [0.1, 0.15) is 5.66 Å². The average Bonchev–Trinajstić information content (AvgIpc) is 2.87. The molecule has 0 amide bonds. The van der Waals surface area contributed by atoms with Gasteiger partial charge in [0, 0.05) is 24.1 Å². The van der Waals surface area contributed by atoms with Gasteiger partial charge >= 0.3 is 0 Å². The molecule has 0 bridgehead atoms. The first-order valence-electron chi connectivity index (χ1n) is 7.68. The number of benzene rings is 2. The summed E-state index contributed by atoms with van der Waals surface area (Å²) in [6.07, 6.45) is 0.934. The van der Waals surface area contributed by atoms with Crippen LogP contribution in [0.5, 0.6) is 0 Å². The fourth-order valence-corrected chi connectivity index (χ4v) is 3.73. The first kappa shape index (κ1) is 14.2. The molecule has 2 N–H and O–H groups in total. The van der Waals surface area contributed by atoms with E-state index in [-0.39, 0.29) is 11.4 Å². The van der Waals surface area contributed by atoms with Crippen LogP contribution >= 0.6 is 12.2 Å². The number of nitrogens with zero attached hydrogens (tertiary/aromatic N) is 1. The zero-order valence-corrected chi connectivity index (χ0v) is 13.6. The van der Waals surface area contributed by atoms with Gasteiger partial charge in [0.05, 0.1) is 11.4 Å². The number of hydrogen-bond donors (Lipinski definition) is 2. The molecular formula is C18H17N3OS. The molecular weight excluding hydrogens is 306 g/mol. The molecule has 0 aromatic heterocycles. The highest BCUT2D eigenvalue weighted by atomic mass is 32.1. The molecule has 0 aliphatic carbocycles. The van der Waals surface area contributed by atoms with E-state index >= 15 is 0 Å². The highest BCUT2D eigenvalue weighted by Crippen LogP contribution is 2.43. The van der Waals surface area contributed by atoms with Crippen molar-refractivity contribution in [2.75, 3.05) is 16.8 Å². The normalized spacial score (nSPS) is 22.0. The molecule has 2 aromatic carbocycles.